The van der Waals surface area contributed by atoms with Gasteiger partial charge in [0.05, 0.1) is 4.90 Å². The summed E-state index contributed by atoms with van der Waals surface area (Å²) in [5.41, 5.74) is 0.674. The lowest BCUT2D eigenvalue weighted by Gasteiger charge is -2.18. The molecule has 1 aliphatic rings. The van der Waals surface area contributed by atoms with Crippen molar-refractivity contribution in [3.63, 3.8) is 0 Å². The highest BCUT2D eigenvalue weighted by Crippen LogP contribution is 2.37. The van der Waals surface area contributed by atoms with E-state index in [0.29, 0.717) is 36.8 Å². The van der Waals surface area contributed by atoms with E-state index in [1.807, 2.05) is 18.2 Å². The van der Waals surface area contributed by atoms with Crippen molar-refractivity contribution in [1.29, 1.82) is 0 Å². The van der Waals surface area contributed by atoms with Crippen LogP contribution in [-0.2, 0) is 9.84 Å². The molecule has 0 spiro atoms. The van der Waals surface area contributed by atoms with E-state index in [2.05, 4.69) is 16.9 Å². The van der Waals surface area contributed by atoms with Crippen LogP contribution < -0.4 is 14.8 Å². The van der Waals surface area contributed by atoms with E-state index >= 15 is 0 Å². The highest BCUT2D eigenvalue weighted by atomic mass is 32.2. The van der Waals surface area contributed by atoms with E-state index in [1.165, 1.54) is 12.1 Å². The number of sulfone groups is 1. The maximum absolute atomic E-state index is 13.3. The molecule has 0 atom stereocenters. The molecule has 8 heteroatoms. The number of benzene rings is 2. The first-order chi connectivity index (χ1) is 13.6. The summed E-state index contributed by atoms with van der Waals surface area (Å²) in [6, 6.07) is 13.6. The lowest BCUT2D eigenvalue weighted by atomic mass is 10.2. The number of hydrogen-bond acceptors (Lipinski definition) is 7. The molecule has 0 unspecified atom stereocenters. The Bertz CT molecular complexity index is 1110. The van der Waals surface area contributed by atoms with Crippen LogP contribution >= 0.6 is 0 Å². The molecule has 2 heterocycles. The second kappa shape index (κ2) is 7.40. The Morgan fingerprint density at radius 3 is 2.57 bits per heavy atom. The van der Waals surface area contributed by atoms with Crippen LogP contribution in [0.5, 0.6) is 11.5 Å². The quantitative estimate of drug-likeness (QED) is 0.635. The molecule has 0 saturated carbocycles. The first-order valence-corrected chi connectivity index (χ1v) is 10.1. The minimum absolute atomic E-state index is 0.0475. The van der Waals surface area contributed by atoms with Crippen molar-refractivity contribution >= 4 is 15.7 Å². The lowest BCUT2D eigenvalue weighted by Crippen LogP contribution is -2.16. The van der Waals surface area contributed by atoms with Gasteiger partial charge < -0.3 is 19.2 Å². The zero-order valence-electron chi connectivity index (χ0n) is 14.9. The van der Waals surface area contributed by atoms with Gasteiger partial charge in [-0.05, 0) is 24.3 Å². The molecule has 1 aliphatic heterocycles. The minimum atomic E-state index is -3.96. The molecular weight excluding hydrogens is 380 g/mol. The zero-order valence-corrected chi connectivity index (χ0v) is 15.7. The summed E-state index contributed by atoms with van der Waals surface area (Å²) >= 11 is 0. The average Bonchev–Trinajstić information content (AvgIpc) is 3.17. The molecule has 1 N–H and O–H groups in total. The fraction of sp³-hybridized carbons (Fsp3) is 0.150. The number of rotatable bonds is 6. The number of oxazole rings is 1. The van der Waals surface area contributed by atoms with Crippen LogP contribution in [-0.4, -0.2) is 33.2 Å². The van der Waals surface area contributed by atoms with Gasteiger partial charge in [-0.2, -0.15) is 4.98 Å². The standard InChI is InChI=1S/C20H18N2O5S/c1-2-10-21-19-20(22-18(27-19)14-6-4-3-5-7-14)28(23,24)15-8-9-16-17(13-15)26-12-11-25-16/h2-9,13,21H,1,10-12H2. The van der Waals surface area contributed by atoms with E-state index in [0.717, 1.165) is 0 Å². The molecule has 144 valence electrons. The summed E-state index contributed by atoms with van der Waals surface area (Å²) in [6.07, 6.45) is 1.60. The summed E-state index contributed by atoms with van der Waals surface area (Å²) in [6.45, 7) is 4.76. The van der Waals surface area contributed by atoms with E-state index in [-0.39, 0.29) is 21.7 Å². The SMILES string of the molecule is C=CCNc1oc(-c2ccccc2)nc1S(=O)(=O)c1ccc2c(c1)OCCO2. The number of nitrogens with zero attached hydrogens (tertiary/aromatic N) is 1. The summed E-state index contributed by atoms with van der Waals surface area (Å²) in [5.74, 6) is 1.18. The second-order valence-electron chi connectivity index (χ2n) is 6.00. The first kappa shape index (κ1) is 18.1. The van der Waals surface area contributed by atoms with Crippen LogP contribution in [0.15, 0.2) is 75.5 Å². The molecule has 2 aromatic carbocycles. The van der Waals surface area contributed by atoms with Gasteiger partial charge in [-0.3, -0.25) is 0 Å². The number of aromatic nitrogens is 1. The molecule has 0 radical (unpaired) electrons. The van der Waals surface area contributed by atoms with Crippen LogP contribution in [0.3, 0.4) is 0 Å². The first-order valence-electron chi connectivity index (χ1n) is 8.65. The number of ether oxygens (including phenoxy) is 2. The predicted molar refractivity (Wildman–Crippen MR) is 104 cm³/mol. The number of nitrogens with one attached hydrogen (secondary N) is 1. The molecule has 4 rings (SSSR count). The third-order valence-electron chi connectivity index (χ3n) is 4.10. The van der Waals surface area contributed by atoms with Crippen LogP contribution in [0, 0.1) is 0 Å². The van der Waals surface area contributed by atoms with E-state index in [4.69, 9.17) is 13.9 Å². The second-order valence-corrected chi connectivity index (χ2v) is 7.86. The molecule has 28 heavy (non-hydrogen) atoms. The fourth-order valence-corrected chi connectivity index (χ4v) is 4.07. The Morgan fingerprint density at radius 2 is 1.82 bits per heavy atom. The fourth-order valence-electron chi connectivity index (χ4n) is 2.77. The van der Waals surface area contributed by atoms with Crippen molar-refractivity contribution in [2.24, 2.45) is 0 Å². The van der Waals surface area contributed by atoms with Gasteiger partial charge in [0.1, 0.15) is 13.2 Å². The predicted octanol–water partition coefficient (Wildman–Crippen LogP) is 3.54. The van der Waals surface area contributed by atoms with E-state index < -0.39 is 9.84 Å². The van der Waals surface area contributed by atoms with Crippen molar-refractivity contribution in [3.8, 4) is 23.0 Å². The average molecular weight is 398 g/mol. The van der Waals surface area contributed by atoms with Crippen LogP contribution in [0.1, 0.15) is 0 Å². The van der Waals surface area contributed by atoms with Crippen LogP contribution in [0.2, 0.25) is 0 Å². The molecular formula is C20H18N2O5S. The van der Waals surface area contributed by atoms with Crippen molar-refractivity contribution in [3.05, 3.63) is 61.2 Å². The monoisotopic (exact) mass is 398 g/mol. The molecule has 1 aromatic heterocycles. The van der Waals surface area contributed by atoms with Gasteiger partial charge in [0.25, 0.3) is 0 Å². The number of fused-ring (bicyclic) bond motifs is 1. The van der Waals surface area contributed by atoms with Crippen molar-refractivity contribution in [2.45, 2.75) is 9.92 Å². The Morgan fingerprint density at radius 1 is 1.07 bits per heavy atom. The molecule has 0 amide bonds. The molecule has 0 saturated heterocycles. The number of hydrogen-bond donors (Lipinski definition) is 1. The van der Waals surface area contributed by atoms with Gasteiger partial charge >= 0.3 is 0 Å². The maximum Gasteiger partial charge on any atom is 0.234 e. The highest BCUT2D eigenvalue weighted by molar-refractivity contribution is 7.91. The van der Waals surface area contributed by atoms with Crippen molar-refractivity contribution in [1.82, 2.24) is 4.98 Å². The highest BCUT2D eigenvalue weighted by Gasteiger charge is 2.29. The summed E-state index contributed by atoms with van der Waals surface area (Å²) in [5, 5.41) is 2.72. The van der Waals surface area contributed by atoms with E-state index in [1.54, 1.807) is 24.3 Å². The molecule has 0 aliphatic carbocycles. The Hall–Kier alpha value is -3.26. The van der Waals surface area contributed by atoms with Gasteiger partial charge in [0.15, 0.2) is 11.5 Å². The lowest BCUT2D eigenvalue weighted by molar-refractivity contribution is 0.171. The Labute approximate surface area is 162 Å². The summed E-state index contributed by atoms with van der Waals surface area (Å²) in [7, 11) is -3.96. The van der Waals surface area contributed by atoms with Crippen molar-refractivity contribution < 1.29 is 22.3 Å². The largest absolute Gasteiger partial charge is 0.486 e. The summed E-state index contributed by atoms with van der Waals surface area (Å²) < 4.78 is 43.2. The molecule has 7 nitrogen and oxygen atoms in total. The molecule has 0 bridgehead atoms. The van der Waals surface area contributed by atoms with Crippen LogP contribution in [0.4, 0.5) is 5.88 Å². The topological polar surface area (TPSA) is 90.7 Å². The molecule has 0 fully saturated rings. The van der Waals surface area contributed by atoms with Crippen molar-refractivity contribution in [2.75, 3.05) is 25.1 Å². The minimum Gasteiger partial charge on any atom is -0.486 e. The van der Waals surface area contributed by atoms with Gasteiger partial charge in [0, 0.05) is 18.2 Å². The summed E-state index contributed by atoms with van der Waals surface area (Å²) in [4.78, 5) is 4.32. The molecule has 3 aromatic rings. The van der Waals surface area contributed by atoms with Gasteiger partial charge in [0.2, 0.25) is 26.6 Å². The Balaban J connectivity index is 1.79. The normalized spacial score (nSPS) is 13.1. The smallest absolute Gasteiger partial charge is 0.234 e. The van der Waals surface area contributed by atoms with Gasteiger partial charge in [-0.15, -0.1) is 6.58 Å². The maximum atomic E-state index is 13.3. The number of anilines is 1. The van der Waals surface area contributed by atoms with Gasteiger partial charge in [-0.25, -0.2) is 8.42 Å². The third-order valence-corrected chi connectivity index (χ3v) is 5.76. The Kier molecular flexibility index (Phi) is 4.79. The van der Waals surface area contributed by atoms with Gasteiger partial charge in [-0.1, -0.05) is 24.3 Å². The van der Waals surface area contributed by atoms with E-state index in [9.17, 15) is 8.42 Å². The zero-order chi connectivity index (χ0) is 19.6. The van der Waals surface area contributed by atoms with Crippen LogP contribution in [0.25, 0.3) is 11.5 Å². The third kappa shape index (κ3) is 3.34.